The summed E-state index contributed by atoms with van der Waals surface area (Å²) in [6.45, 7) is 0.754. The molecule has 94 valence electrons. The highest BCUT2D eigenvalue weighted by Gasteiger charge is 2.36. The summed E-state index contributed by atoms with van der Waals surface area (Å²) in [5, 5.41) is 2.48. The van der Waals surface area contributed by atoms with Gasteiger partial charge in [-0.3, -0.25) is 0 Å². The lowest BCUT2D eigenvalue weighted by molar-refractivity contribution is 0.139. The molecule has 0 radical (unpaired) electrons. The molecule has 5 nitrogen and oxygen atoms in total. The smallest absolute Gasteiger partial charge is 0.257 e. The van der Waals surface area contributed by atoms with Crippen molar-refractivity contribution in [2.75, 3.05) is 31.8 Å². The summed E-state index contributed by atoms with van der Waals surface area (Å²) in [5.74, 6) is -0.0259. The third-order valence-corrected chi connectivity index (χ3v) is 4.72. The summed E-state index contributed by atoms with van der Waals surface area (Å²) in [6, 6.07) is -0.373. The number of rotatable bonds is 4. The summed E-state index contributed by atoms with van der Waals surface area (Å²) < 4.78 is 32.4. The largest absolute Gasteiger partial charge is 0.469 e. The Morgan fingerprint density at radius 1 is 1.50 bits per heavy atom. The predicted octanol–water partition coefficient (Wildman–Crippen LogP) is -0.0717. The van der Waals surface area contributed by atoms with Crippen LogP contribution in [-0.2, 0) is 19.3 Å². The molecule has 1 fully saturated rings. The highest BCUT2D eigenvalue weighted by atomic mass is 35.5. The van der Waals surface area contributed by atoms with Gasteiger partial charge in [0.25, 0.3) is 5.17 Å². The van der Waals surface area contributed by atoms with Gasteiger partial charge >= 0.3 is 0 Å². The number of hydrogen-bond acceptors (Lipinski definition) is 5. The van der Waals surface area contributed by atoms with Crippen molar-refractivity contribution < 1.29 is 17.9 Å². The fourth-order valence-electron chi connectivity index (χ4n) is 1.35. The predicted molar refractivity (Wildman–Crippen MR) is 65.6 cm³/mol. The Morgan fingerprint density at radius 2 is 2.19 bits per heavy atom. The van der Waals surface area contributed by atoms with Crippen molar-refractivity contribution in [1.29, 1.82) is 0 Å². The monoisotopic (exact) mass is 287 g/mol. The maximum Gasteiger partial charge on any atom is 0.257 e. The van der Waals surface area contributed by atoms with Gasteiger partial charge in [-0.15, -0.1) is 11.6 Å². The van der Waals surface area contributed by atoms with Gasteiger partial charge in [0.1, 0.15) is 6.61 Å². The fourth-order valence-corrected chi connectivity index (χ4v) is 4.13. The number of nitrogens with one attached hydrogen (secondary N) is 1. The summed E-state index contributed by atoms with van der Waals surface area (Å²) in [4.78, 5) is 0. The molecule has 0 aliphatic carbocycles. The molecule has 0 bridgehead atoms. The number of thiocarbonyl (C=S) groups is 1. The van der Waals surface area contributed by atoms with E-state index in [1.54, 1.807) is 7.11 Å². The zero-order chi connectivity index (χ0) is 12.2. The highest BCUT2D eigenvalue weighted by Crippen LogP contribution is 2.17. The molecule has 1 aliphatic rings. The molecule has 1 saturated heterocycles. The van der Waals surface area contributed by atoms with Crippen LogP contribution >= 0.6 is 23.8 Å². The standard InChI is InChI=1S/C8H14ClNO4S2/c1-13-2-3-14-8(15)10-7-5-16(11,12)4-6(7)9/h6-7H,2-5H2,1H3,(H,10,15)/t6-,7-/m0/s1. The minimum Gasteiger partial charge on any atom is -0.469 e. The molecule has 16 heavy (non-hydrogen) atoms. The van der Waals surface area contributed by atoms with Crippen molar-refractivity contribution >= 4 is 38.8 Å². The van der Waals surface area contributed by atoms with E-state index >= 15 is 0 Å². The molecular weight excluding hydrogens is 274 g/mol. The van der Waals surface area contributed by atoms with Gasteiger partial charge in [0, 0.05) is 7.11 Å². The summed E-state index contributed by atoms with van der Waals surface area (Å²) in [5.41, 5.74) is 0. The first-order valence-corrected chi connectivity index (χ1v) is 7.38. The van der Waals surface area contributed by atoms with Crippen molar-refractivity contribution in [2.24, 2.45) is 0 Å². The van der Waals surface area contributed by atoms with E-state index in [9.17, 15) is 8.42 Å². The normalized spacial score (nSPS) is 27.6. The van der Waals surface area contributed by atoms with Gasteiger partial charge in [-0.05, 0) is 12.2 Å². The van der Waals surface area contributed by atoms with E-state index in [1.165, 1.54) is 0 Å². The average molecular weight is 288 g/mol. The molecule has 1 aliphatic heterocycles. The SMILES string of the molecule is COCCOC(=S)N[C@H]1CS(=O)(=O)C[C@@H]1Cl. The van der Waals surface area contributed by atoms with Gasteiger partial charge in [0.2, 0.25) is 0 Å². The number of hydrogen-bond donors (Lipinski definition) is 1. The van der Waals surface area contributed by atoms with Crippen LogP contribution in [0.1, 0.15) is 0 Å². The first kappa shape index (κ1) is 14.0. The quantitative estimate of drug-likeness (QED) is 0.444. The molecule has 0 aromatic heterocycles. The average Bonchev–Trinajstić information content (AvgIpc) is 2.40. The second-order valence-electron chi connectivity index (χ2n) is 3.47. The third-order valence-electron chi connectivity index (χ3n) is 2.11. The molecule has 0 aromatic carbocycles. The molecule has 1 N–H and O–H groups in total. The van der Waals surface area contributed by atoms with Gasteiger partial charge in [0.05, 0.1) is 29.5 Å². The molecule has 8 heteroatoms. The summed E-state index contributed by atoms with van der Waals surface area (Å²) >= 11 is 10.8. The Bertz CT molecular complexity index is 346. The van der Waals surface area contributed by atoms with Crippen LogP contribution in [0, 0.1) is 0 Å². The van der Waals surface area contributed by atoms with Crippen LogP contribution in [-0.4, -0.2) is 56.8 Å². The zero-order valence-corrected chi connectivity index (χ0v) is 11.2. The fraction of sp³-hybridized carbons (Fsp3) is 0.875. The van der Waals surface area contributed by atoms with Crippen molar-refractivity contribution in [3.05, 3.63) is 0 Å². The first-order valence-electron chi connectivity index (χ1n) is 4.71. The van der Waals surface area contributed by atoms with E-state index in [1.807, 2.05) is 0 Å². The van der Waals surface area contributed by atoms with Crippen LogP contribution in [0.15, 0.2) is 0 Å². The third kappa shape index (κ3) is 4.40. The number of sulfone groups is 1. The maximum absolute atomic E-state index is 11.3. The minimum absolute atomic E-state index is 0.00502. The number of methoxy groups -OCH3 is 1. The molecule has 0 amide bonds. The van der Waals surface area contributed by atoms with Crippen LogP contribution in [0.3, 0.4) is 0 Å². The molecule has 2 atom stereocenters. The van der Waals surface area contributed by atoms with Crippen LogP contribution in [0.2, 0.25) is 0 Å². The van der Waals surface area contributed by atoms with Gasteiger partial charge < -0.3 is 14.8 Å². The van der Waals surface area contributed by atoms with E-state index in [-0.39, 0.29) is 22.7 Å². The van der Waals surface area contributed by atoms with Crippen LogP contribution in [0.25, 0.3) is 0 Å². The van der Waals surface area contributed by atoms with Gasteiger partial charge in [-0.1, -0.05) is 0 Å². The molecular formula is C8H14ClNO4S2. The summed E-state index contributed by atoms with van der Waals surface area (Å²) in [7, 11) is -1.50. The lowest BCUT2D eigenvalue weighted by atomic mass is 10.3. The van der Waals surface area contributed by atoms with E-state index in [0.717, 1.165) is 0 Å². The van der Waals surface area contributed by atoms with Crippen molar-refractivity contribution in [3.8, 4) is 0 Å². The Labute approximate surface area is 105 Å². The Hall–Kier alpha value is -0.110. The van der Waals surface area contributed by atoms with E-state index in [0.29, 0.717) is 13.2 Å². The Morgan fingerprint density at radius 3 is 2.69 bits per heavy atom. The maximum atomic E-state index is 11.3. The highest BCUT2D eigenvalue weighted by molar-refractivity contribution is 7.91. The van der Waals surface area contributed by atoms with Crippen LogP contribution < -0.4 is 5.32 Å². The molecule has 1 rings (SSSR count). The van der Waals surface area contributed by atoms with Gasteiger partial charge in [-0.25, -0.2) is 8.42 Å². The van der Waals surface area contributed by atoms with E-state index in [4.69, 9.17) is 33.3 Å². The molecule has 0 saturated carbocycles. The van der Waals surface area contributed by atoms with Crippen LogP contribution in [0.4, 0.5) is 0 Å². The van der Waals surface area contributed by atoms with Crippen molar-refractivity contribution in [1.82, 2.24) is 5.32 Å². The molecule has 0 spiro atoms. The summed E-state index contributed by atoms with van der Waals surface area (Å²) in [6.07, 6.45) is 0. The van der Waals surface area contributed by atoms with Gasteiger partial charge in [0.15, 0.2) is 9.84 Å². The van der Waals surface area contributed by atoms with Gasteiger partial charge in [-0.2, -0.15) is 0 Å². The Kier molecular flexibility index (Phi) is 5.23. The Balaban J connectivity index is 2.35. The topological polar surface area (TPSA) is 64.6 Å². The number of ether oxygens (including phenoxy) is 2. The molecule has 0 unspecified atom stereocenters. The molecule has 0 aromatic rings. The van der Waals surface area contributed by atoms with E-state index in [2.05, 4.69) is 5.32 Å². The second kappa shape index (κ2) is 6.00. The zero-order valence-electron chi connectivity index (χ0n) is 8.81. The minimum atomic E-state index is -3.05. The number of alkyl halides is 1. The molecule has 1 heterocycles. The first-order chi connectivity index (χ1) is 7.44. The lowest BCUT2D eigenvalue weighted by Crippen LogP contribution is -2.41. The van der Waals surface area contributed by atoms with Crippen molar-refractivity contribution in [2.45, 2.75) is 11.4 Å². The lowest BCUT2D eigenvalue weighted by Gasteiger charge is -2.16. The van der Waals surface area contributed by atoms with Crippen LogP contribution in [0.5, 0.6) is 0 Å². The van der Waals surface area contributed by atoms with Crippen molar-refractivity contribution in [3.63, 3.8) is 0 Å². The number of halogens is 1. The second-order valence-corrected chi connectivity index (χ2v) is 6.56. The van der Waals surface area contributed by atoms with E-state index < -0.39 is 15.2 Å².